The summed E-state index contributed by atoms with van der Waals surface area (Å²) in [5.41, 5.74) is 1.85. The lowest BCUT2D eigenvalue weighted by atomic mass is 10.3. The SMILES string of the molecule is COC(=O)c1cnc2c(c1)ncn2C. The summed E-state index contributed by atoms with van der Waals surface area (Å²) >= 11 is 0. The quantitative estimate of drug-likeness (QED) is 0.624. The molecule has 0 saturated heterocycles. The van der Waals surface area contributed by atoms with E-state index >= 15 is 0 Å². The average molecular weight is 191 g/mol. The molecule has 2 heterocycles. The third-order valence-corrected chi connectivity index (χ3v) is 1.97. The zero-order valence-electron chi connectivity index (χ0n) is 7.89. The average Bonchev–Trinajstić information content (AvgIpc) is 2.59. The topological polar surface area (TPSA) is 57.0 Å². The number of aryl methyl sites for hydroxylation is 1. The molecular formula is C9H9N3O2. The third-order valence-electron chi connectivity index (χ3n) is 1.97. The Labute approximate surface area is 80.3 Å². The van der Waals surface area contributed by atoms with Gasteiger partial charge in [-0.15, -0.1) is 0 Å². The Morgan fingerprint density at radius 3 is 3.00 bits per heavy atom. The Morgan fingerprint density at radius 2 is 2.29 bits per heavy atom. The normalized spacial score (nSPS) is 10.4. The molecule has 72 valence electrons. The van der Waals surface area contributed by atoms with Gasteiger partial charge in [0.15, 0.2) is 5.65 Å². The zero-order valence-corrected chi connectivity index (χ0v) is 7.89. The highest BCUT2D eigenvalue weighted by molar-refractivity contribution is 5.92. The molecule has 0 spiro atoms. The Morgan fingerprint density at radius 1 is 1.50 bits per heavy atom. The molecule has 0 atom stereocenters. The van der Waals surface area contributed by atoms with Crippen LogP contribution in [0.3, 0.4) is 0 Å². The summed E-state index contributed by atoms with van der Waals surface area (Å²) in [4.78, 5) is 19.4. The highest BCUT2D eigenvalue weighted by atomic mass is 16.5. The molecule has 0 aromatic carbocycles. The van der Waals surface area contributed by atoms with Crippen molar-refractivity contribution in [1.29, 1.82) is 0 Å². The summed E-state index contributed by atoms with van der Waals surface area (Å²) in [6.45, 7) is 0. The molecule has 0 fully saturated rings. The number of carbonyl (C=O) groups is 1. The third kappa shape index (κ3) is 1.22. The Hall–Kier alpha value is -1.91. The van der Waals surface area contributed by atoms with Crippen LogP contribution in [0, 0.1) is 0 Å². The largest absolute Gasteiger partial charge is 0.465 e. The maximum atomic E-state index is 11.2. The van der Waals surface area contributed by atoms with E-state index in [1.165, 1.54) is 13.3 Å². The second-order valence-corrected chi connectivity index (χ2v) is 2.91. The molecule has 0 radical (unpaired) electrons. The lowest BCUT2D eigenvalue weighted by molar-refractivity contribution is 0.0600. The molecule has 5 nitrogen and oxygen atoms in total. The Balaban J connectivity index is 2.57. The first-order valence-electron chi connectivity index (χ1n) is 4.08. The van der Waals surface area contributed by atoms with Gasteiger partial charge < -0.3 is 9.30 Å². The van der Waals surface area contributed by atoms with E-state index in [4.69, 9.17) is 0 Å². The number of rotatable bonds is 1. The van der Waals surface area contributed by atoms with Crippen LogP contribution in [-0.2, 0) is 11.8 Å². The first kappa shape index (κ1) is 8.68. The van der Waals surface area contributed by atoms with Crippen LogP contribution in [0.25, 0.3) is 11.2 Å². The van der Waals surface area contributed by atoms with E-state index in [2.05, 4.69) is 14.7 Å². The molecule has 0 aliphatic rings. The Bertz CT molecular complexity index is 490. The molecule has 2 rings (SSSR count). The number of carbonyl (C=O) groups excluding carboxylic acids is 1. The minimum absolute atomic E-state index is 0.398. The second-order valence-electron chi connectivity index (χ2n) is 2.91. The monoisotopic (exact) mass is 191 g/mol. The highest BCUT2D eigenvalue weighted by Crippen LogP contribution is 2.10. The van der Waals surface area contributed by atoms with Crippen molar-refractivity contribution >= 4 is 17.1 Å². The molecule has 14 heavy (non-hydrogen) atoms. The smallest absolute Gasteiger partial charge is 0.339 e. The standard InChI is InChI=1S/C9H9N3O2/c1-12-5-11-7-3-6(9(13)14-2)4-10-8(7)12/h3-5H,1-2H3. The van der Waals surface area contributed by atoms with Crippen molar-refractivity contribution in [3.63, 3.8) is 0 Å². The number of imidazole rings is 1. The number of esters is 1. The summed E-state index contributed by atoms with van der Waals surface area (Å²) in [5, 5.41) is 0. The number of ether oxygens (including phenoxy) is 1. The van der Waals surface area contributed by atoms with Gasteiger partial charge in [-0.25, -0.2) is 14.8 Å². The minimum atomic E-state index is -0.398. The minimum Gasteiger partial charge on any atom is -0.465 e. The van der Waals surface area contributed by atoms with Crippen LogP contribution in [-0.4, -0.2) is 27.6 Å². The summed E-state index contributed by atoms with van der Waals surface area (Å²) in [6.07, 6.45) is 3.13. The first-order chi connectivity index (χ1) is 6.72. The number of methoxy groups -OCH3 is 1. The van der Waals surface area contributed by atoms with Gasteiger partial charge in [0.25, 0.3) is 0 Å². The maximum Gasteiger partial charge on any atom is 0.339 e. The predicted octanol–water partition coefficient (Wildman–Crippen LogP) is 0.755. The van der Waals surface area contributed by atoms with Crippen LogP contribution >= 0.6 is 0 Å². The van der Waals surface area contributed by atoms with Gasteiger partial charge in [0, 0.05) is 13.2 Å². The van der Waals surface area contributed by atoms with E-state index in [1.807, 2.05) is 7.05 Å². The molecule has 2 aromatic rings. The summed E-state index contributed by atoms with van der Waals surface area (Å²) in [6, 6.07) is 1.66. The summed E-state index contributed by atoms with van der Waals surface area (Å²) in [7, 11) is 3.19. The number of pyridine rings is 1. The van der Waals surface area contributed by atoms with Crippen LogP contribution in [0.2, 0.25) is 0 Å². The summed E-state index contributed by atoms with van der Waals surface area (Å²) < 4.78 is 6.37. The molecule has 0 aliphatic heterocycles. The van der Waals surface area contributed by atoms with Gasteiger partial charge >= 0.3 is 5.97 Å². The number of fused-ring (bicyclic) bond motifs is 1. The fourth-order valence-corrected chi connectivity index (χ4v) is 1.25. The molecular weight excluding hydrogens is 182 g/mol. The molecule has 0 amide bonds. The van der Waals surface area contributed by atoms with E-state index in [1.54, 1.807) is 17.0 Å². The van der Waals surface area contributed by atoms with Gasteiger partial charge in [-0.05, 0) is 6.07 Å². The van der Waals surface area contributed by atoms with Crippen LogP contribution in [0.1, 0.15) is 10.4 Å². The van der Waals surface area contributed by atoms with Gasteiger partial charge in [-0.1, -0.05) is 0 Å². The van der Waals surface area contributed by atoms with E-state index in [9.17, 15) is 4.79 Å². The molecule has 2 aromatic heterocycles. The number of hydrogen-bond donors (Lipinski definition) is 0. The van der Waals surface area contributed by atoms with E-state index in [-0.39, 0.29) is 0 Å². The molecule has 5 heteroatoms. The van der Waals surface area contributed by atoms with Crippen molar-refractivity contribution in [3.05, 3.63) is 24.2 Å². The number of nitrogens with zero attached hydrogens (tertiary/aromatic N) is 3. The lowest BCUT2D eigenvalue weighted by Crippen LogP contribution is -2.01. The van der Waals surface area contributed by atoms with Crippen LogP contribution in [0.4, 0.5) is 0 Å². The van der Waals surface area contributed by atoms with Crippen LogP contribution < -0.4 is 0 Å². The van der Waals surface area contributed by atoms with Gasteiger partial charge in [0.1, 0.15) is 5.52 Å². The summed E-state index contributed by atoms with van der Waals surface area (Å²) in [5.74, 6) is -0.398. The first-order valence-corrected chi connectivity index (χ1v) is 4.08. The van der Waals surface area contributed by atoms with Crippen molar-refractivity contribution in [2.24, 2.45) is 7.05 Å². The van der Waals surface area contributed by atoms with E-state index in [0.717, 1.165) is 5.65 Å². The van der Waals surface area contributed by atoms with Gasteiger partial charge in [-0.2, -0.15) is 0 Å². The molecule has 0 bridgehead atoms. The molecule has 0 aliphatic carbocycles. The molecule has 0 N–H and O–H groups in total. The van der Waals surface area contributed by atoms with Crippen molar-refractivity contribution in [1.82, 2.24) is 14.5 Å². The van der Waals surface area contributed by atoms with E-state index in [0.29, 0.717) is 11.1 Å². The van der Waals surface area contributed by atoms with E-state index < -0.39 is 5.97 Å². The van der Waals surface area contributed by atoms with Crippen molar-refractivity contribution < 1.29 is 9.53 Å². The van der Waals surface area contributed by atoms with Crippen LogP contribution in [0.5, 0.6) is 0 Å². The molecule has 0 saturated carbocycles. The number of aromatic nitrogens is 3. The lowest BCUT2D eigenvalue weighted by Gasteiger charge is -1.98. The molecule has 0 unspecified atom stereocenters. The van der Waals surface area contributed by atoms with Crippen molar-refractivity contribution in [2.75, 3.05) is 7.11 Å². The number of hydrogen-bond acceptors (Lipinski definition) is 4. The fraction of sp³-hybridized carbons (Fsp3) is 0.222. The fourth-order valence-electron chi connectivity index (χ4n) is 1.25. The maximum absolute atomic E-state index is 11.2. The van der Waals surface area contributed by atoms with Crippen molar-refractivity contribution in [2.45, 2.75) is 0 Å². The predicted molar refractivity (Wildman–Crippen MR) is 49.8 cm³/mol. The van der Waals surface area contributed by atoms with Gasteiger partial charge in [-0.3, -0.25) is 0 Å². The van der Waals surface area contributed by atoms with Crippen molar-refractivity contribution in [3.8, 4) is 0 Å². The van der Waals surface area contributed by atoms with Gasteiger partial charge in [0.05, 0.1) is 19.0 Å². The highest BCUT2D eigenvalue weighted by Gasteiger charge is 2.08. The van der Waals surface area contributed by atoms with Gasteiger partial charge in [0.2, 0.25) is 0 Å². The Kier molecular flexibility index (Phi) is 1.92. The van der Waals surface area contributed by atoms with Crippen LogP contribution in [0.15, 0.2) is 18.6 Å². The zero-order chi connectivity index (χ0) is 10.1. The second kappa shape index (κ2) is 3.10.